The molecule has 0 bridgehead atoms. The lowest BCUT2D eigenvalue weighted by Crippen LogP contribution is -2.13. The Balaban J connectivity index is 2.19. The highest BCUT2D eigenvalue weighted by molar-refractivity contribution is 5.90. The maximum absolute atomic E-state index is 12.3. The van der Waals surface area contributed by atoms with Gasteiger partial charge in [-0.15, -0.1) is 0 Å². The lowest BCUT2D eigenvalue weighted by molar-refractivity contribution is -0.118. The lowest BCUT2D eigenvalue weighted by Gasteiger charge is -2.10. The van der Waals surface area contributed by atoms with E-state index in [0.717, 1.165) is 5.56 Å². The maximum atomic E-state index is 12.3. The van der Waals surface area contributed by atoms with Crippen LogP contribution in [0.1, 0.15) is 17.0 Å². The Bertz CT molecular complexity index is 629. The zero-order valence-electron chi connectivity index (χ0n) is 11.2. The van der Waals surface area contributed by atoms with Crippen LogP contribution in [0.2, 0.25) is 0 Å². The molecule has 100 valence electrons. The summed E-state index contributed by atoms with van der Waals surface area (Å²) in [6.45, 7) is 0. The topological polar surface area (TPSA) is 50.1 Å². The van der Waals surface area contributed by atoms with E-state index in [1.807, 2.05) is 30.3 Å². The van der Waals surface area contributed by atoms with Crippen LogP contribution in [0.25, 0.3) is 0 Å². The number of nitriles is 1. The number of ketones is 1. The second-order valence-corrected chi connectivity index (χ2v) is 4.47. The van der Waals surface area contributed by atoms with Gasteiger partial charge in [0.05, 0.1) is 13.2 Å². The van der Waals surface area contributed by atoms with Crippen molar-refractivity contribution in [1.82, 2.24) is 0 Å². The molecule has 0 aliphatic rings. The number of hydrogen-bond acceptors (Lipinski definition) is 3. The minimum absolute atomic E-state index is 0.105. The van der Waals surface area contributed by atoms with E-state index in [9.17, 15) is 10.1 Å². The van der Waals surface area contributed by atoms with E-state index in [1.54, 1.807) is 31.4 Å². The Hall–Kier alpha value is -2.60. The number of hydrogen-bond donors (Lipinski definition) is 0. The van der Waals surface area contributed by atoms with Crippen LogP contribution < -0.4 is 4.74 Å². The Labute approximate surface area is 118 Å². The molecule has 20 heavy (non-hydrogen) atoms. The van der Waals surface area contributed by atoms with E-state index in [2.05, 4.69) is 6.07 Å². The quantitative estimate of drug-likeness (QED) is 0.834. The first-order chi connectivity index (χ1) is 9.74. The third-order valence-corrected chi connectivity index (χ3v) is 3.10. The molecule has 2 aromatic carbocycles. The molecule has 0 heterocycles. The van der Waals surface area contributed by atoms with Crippen molar-refractivity contribution >= 4 is 5.78 Å². The number of Topliss-reactive ketones (excluding diaryl/α,β-unsaturated/α-hetero) is 1. The third kappa shape index (κ3) is 3.24. The summed E-state index contributed by atoms with van der Waals surface area (Å²) < 4.78 is 5.13. The van der Waals surface area contributed by atoms with Gasteiger partial charge in [0.1, 0.15) is 11.7 Å². The highest BCUT2D eigenvalue weighted by Gasteiger charge is 2.20. The van der Waals surface area contributed by atoms with Crippen molar-refractivity contribution in [2.75, 3.05) is 7.11 Å². The molecule has 3 heteroatoms. The van der Waals surface area contributed by atoms with Gasteiger partial charge in [-0.3, -0.25) is 4.79 Å². The minimum Gasteiger partial charge on any atom is -0.497 e. The van der Waals surface area contributed by atoms with E-state index in [-0.39, 0.29) is 12.2 Å². The lowest BCUT2D eigenvalue weighted by atomic mass is 9.92. The predicted molar refractivity (Wildman–Crippen MR) is 76.5 cm³/mol. The molecule has 0 aliphatic heterocycles. The van der Waals surface area contributed by atoms with Crippen molar-refractivity contribution in [3.8, 4) is 11.8 Å². The van der Waals surface area contributed by atoms with E-state index < -0.39 is 5.92 Å². The minimum atomic E-state index is -0.759. The summed E-state index contributed by atoms with van der Waals surface area (Å²) in [6, 6.07) is 18.6. The van der Waals surface area contributed by atoms with Crippen molar-refractivity contribution in [3.63, 3.8) is 0 Å². The number of benzene rings is 2. The molecule has 3 nitrogen and oxygen atoms in total. The molecule has 2 aromatic rings. The fraction of sp³-hybridized carbons (Fsp3) is 0.176. The van der Waals surface area contributed by atoms with Crippen LogP contribution in [-0.2, 0) is 11.2 Å². The monoisotopic (exact) mass is 265 g/mol. The second-order valence-electron chi connectivity index (χ2n) is 4.47. The highest BCUT2D eigenvalue weighted by atomic mass is 16.5. The van der Waals surface area contributed by atoms with Gasteiger partial charge in [0.15, 0.2) is 5.78 Å². The van der Waals surface area contributed by atoms with Crippen molar-refractivity contribution in [2.45, 2.75) is 12.3 Å². The Morgan fingerprint density at radius 2 is 1.95 bits per heavy atom. The normalized spacial score (nSPS) is 11.4. The Morgan fingerprint density at radius 1 is 1.20 bits per heavy atom. The van der Waals surface area contributed by atoms with Gasteiger partial charge in [-0.1, -0.05) is 42.5 Å². The number of rotatable bonds is 5. The van der Waals surface area contributed by atoms with Crippen molar-refractivity contribution in [3.05, 3.63) is 65.7 Å². The van der Waals surface area contributed by atoms with Gasteiger partial charge in [0.2, 0.25) is 0 Å². The number of carbonyl (C=O) groups excluding carboxylic acids is 1. The predicted octanol–water partition coefficient (Wildman–Crippen LogP) is 3.11. The third-order valence-electron chi connectivity index (χ3n) is 3.10. The van der Waals surface area contributed by atoms with Crippen LogP contribution in [-0.4, -0.2) is 12.9 Å². The van der Waals surface area contributed by atoms with Gasteiger partial charge in [0.25, 0.3) is 0 Å². The maximum Gasteiger partial charge on any atom is 0.158 e. The molecular weight excluding hydrogens is 250 g/mol. The van der Waals surface area contributed by atoms with Crippen LogP contribution in [0, 0.1) is 11.3 Å². The summed E-state index contributed by atoms with van der Waals surface area (Å²) in [7, 11) is 1.56. The van der Waals surface area contributed by atoms with Crippen molar-refractivity contribution < 1.29 is 9.53 Å². The first-order valence-corrected chi connectivity index (χ1v) is 6.35. The van der Waals surface area contributed by atoms with E-state index in [4.69, 9.17) is 4.74 Å². The average Bonchev–Trinajstić information content (AvgIpc) is 2.49. The van der Waals surface area contributed by atoms with E-state index >= 15 is 0 Å². The van der Waals surface area contributed by atoms with Crippen LogP contribution >= 0.6 is 0 Å². The SMILES string of the molecule is COc1cccc(C(C#N)C(=O)Cc2ccccc2)c1. The standard InChI is InChI=1S/C17H15NO2/c1-20-15-9-5-8-14(11-15)16(12-18)17(19)10-13-6-3-2-4-7-13/h2-9,11,16H,10H2,1H3. The summed E-state index contributed by atoms with van der Waals surface area (Å²) in [5, 5.41) is 9.28. The molecule has 0 aromatic heterocycles. The molecule has 0 saturated carbocycles. The van der Waals surface area contributed by atoms with Crippen LogP contribution in [0.3, 0.4) is 0 Å². The smallest absolute Gasteiger partial charge is 0.158 e. The summed E-state index contributed by atoms with van der Waals surface area (Å²) in [5.41, 5.74) is 1.59. The van der Waals surface area contributed by atoms with Crippen LogP contribution in [0.4, 0.5) is 0 Å². The van der Waals surface area contributed by atoms with E-state index in [0.29, 0.717) is 11.3 Å². The Kier molecular flexibility index (Phi) is 4.52. The number of carbonyl (C=O) groups is 1. The molecule has 0 saturated heterocycles. The van der Waals surface area contributed by atoms with Crippen molar-refractivity contribution in [1.29, 1.82) is 5.26 Å². The first-order valence-electron chi connectivity index (χ1n) is 6.35. The van der Waals surface area contributed by atoms with Gasteiger partial charge in [-0.2, -0.15) is 5.26 Å². The second kappa shape index (κ2) is 6.53. The molecule has 0 fully saturated rings. The van der Waals surface area contributed by atoms with Gasteiger partial charge in [-0.05, 0) is 23.3 Å². The highest BCUT2D eigenvalue weighted by Crippen LogP contribution is 2.22. The van der Waals surface area contributed by atoms with Gasteiger partial charge in [0, 0.05) is 6.42 Å². The molecule has 0 aliphatic carbocycles. The summed E-state index contributed by atoms with van der Waals surface area (Å²) in [6.07, 6.45) is 0.260. The van der Waals surface area contributed by atoms with Gasteiger partial charge < -0.3 is 4.74 Å². The molecule has 0 N–H and O–H groups in total. The molecular formula is C17H15NO2. The molecule has 2 rings (SSSR count). The summed E-state index contributed by atoms with van der Waals surface area (Å²) >= 11 is 0. The zero-order chi connectivity index (χ0) is 14.4. The molecule has 1 atom stereocenters. The fourth-order valence-corrected chi connectivity index (χ4v) is 2.05. The van der Waals surface area contributed by atoms with Gasteiger partial charge >= 0.3 is 0 Å². The zero-order valence-corrected chi connectivity index (χ0v) is 11.2. The Morgan fingerprint density at radius 3 is 2.60 bits per heavy atom. The summed E-state index contributed by atoms with van der Waals surface area (Å²) in [4.78, 5) is 12.3. The number of ether oxygens (including phenoxy) is 1. The number of nitrogens with zero attached hydrogens (tertiary/aromatic N) is 1. The molecule has 0 amide bonds. The van der Waals surface area contributed by atoms with Crippen LogP contribution in [0.5, 0.6) is 5.75 Å². The average molecular weight is 265 g/mol. The molecule has 0 spiro atoms. The van der Waals surface area contributed by atoms with Crippen molar-refractivity contribution in [2.24, 2.45) is 0 Å². The van der Waals surface area contributed by atoms with Crippen LogP contribution in [0.15, 0.2) is 54.6 Å². The molecule has 0 radical (unpaired) electrons. The molecule has 1 unspecified atom stereocenters. The summed E-state index contributed by atoms with van der Waals surface area (Å²) in [5.74, 6) is -0.215. The first kappa shape index (κ1) is 13.8. The van der Waals surface area contributed by atoms with Gasteiger partial charge in [-0.25, -0.2) is 0 Å². The fourth-order valence-electron chi connectivity index (χ4n) is 2.05. The largest absolute Gasteiger partial charge is 0.497 e. The van der Waals surface area contributed by atoms with E-state index in [1.165, 1.54) is 0 Å². The number of methoxy groups -OCH3 is 1.